The van der Waals surface area contributed by atoms with Crippen LogP contribution in [0.5, 0.6) is 0 Å². The van der Waals surface area contributed by atoms with Crippen LogP contribution in [0.4, 0.5) is 0 Å². The Morgan fingerprint density at radius 1 is 1.33 bits per heavy atom. The molecule has 3 nitrogen and oxygen atoms in total. The van der Waals surface area contributed by atoms with Crippen molar-refractivity contribution in [2.24, 2.45) is 17.8 Å². The second-order valence-electron chi connectivity index (χ2n) is 7.78. The van der Waals surface area contributed by atoms with Crippen LogP contribution in [0.25, 0.3) is 0 Å². The maximum atomic E-state index is 12.7. The molecule has 2 aliphatic rings. The number of carbonyl (C=O) groups is 1. The molecular formula is C18H34N2O. The number of hydrogen-bond acceptors (Lipinski definition) is 2. The number of rotatable bonds is 6. The molecule has 0 radical (unpaired) electrons. The smallest absolute Gasteiger partial charge is 0.241 e. The fourth-order valence-corrected chi connectivity index (χ4v) is 4.11. The van der Waals surface area contributed by atoms with Gasteiger partial charge in [-0.25, -0.2) is 0 Å². The Kier molecular flexibility index (Phi) is 6.09. The van der Waals surface area contributed by atoms with Crippen LogP contribution in [0.15, 0.2) is 0 Å². The molecule has 0 spiro atoms. The molecule has 0 bridgehead atoms. The first-order valence-electron chi connectivity index (χ1n) is 9.07. The first-order valence-corrected chi connectivity index (χ1v) is 9.07. The molecule has 0 aromatic rings. The van der Waals surface area contributed by atoms with Crippen LogP contribution in [0.2, 0.25) is 0 Å². The summed E-state index contributed by atoms with van der Waals surface area (Å²) >= 11 is 0. The summed E-state index contributed by atoms with van der Waals surface area (Å²) in [5.41, 5.74) is 0. The van der Waals surface area contributed by atoms with Crippen molar-refractivity contribution in [1.82, 2.24) is 10.2 Å². The number of nitrogens with one attached hydrogen (secondary N) is 1. The van der Waals surface area contributed by atoms with Gasteiger partial charge < -0.3 is 4.90 Å². The average molecular weight is 294 g/mol. The molecule has 4 unspecified atom stereocenters. The van der Waals surface area contributed by atoms with Crippen molar-refractivity contribution >= 4 is 5.91 Å². The van der Waals surface area contributed by atoms with E-state index in [-0.39, 0.29) is 12.2 Å². The molecule has 1 saturated carbocycles. The molecule has 4 atom stereocenters. The first-order chi connectivity index (χ1) is 10.0. The van der Waals surface area contributed by atoms with Gasteiger partial charge in [-0.05, 0) is 43.4 Å². The van der Waals surface area contributed by atoms with Crippen molar-refractivity contribution < 1.29 is 4.79 Å². The van der Waals surface area contributed by atoms with Crippen LogP contribution in [0.3, 0.4) is 0 Å². The molecule has 21 heavy (non-hydrogen) atoms. The number of hydrogen-bond donors (Lipinski definition) is 1. The number of carbonyl (C=O) groups excluding carboxylic acids is 1. The molecular weight excluding hydrogens is 260 g/mol. The molecule has 1 N–H and O–H groups in total. The first kappa shape index (κ1) is 16.8. The van der Waals surface area contributed by atoms with E-state index in [1.807, 2.05) is 0 Å². The third kappa shape index (κ3) is 4.45. The number of nitrogens with zero attached hydrogens (tertiary/aromatic N) is 1. The standard InChI is InChI=1S/C18H34N2O/c1-5-7-16-18(21)20(17(19-16)10-13(2)3)12-15-9-6-8-14(4)11-15/h13-17,19H,5-12H2,1-4H3. The summed E-state index contributed by atoms with van der Waals surface area (Å²) < 4.78 is 0. The third-order valence-corrected chi connectivity index (χ3v) is 5.12. The molecule has 2 rings (SSSR count). The minimum atomic E-state index is 0.0692. The van der Waals surface area contributed by atoms with Gasteiger partial charge in [-0.2, -0.15) is 0 Å². The summed E-state index contributed by atoms with van der Waals surface area (Å²) in [4.78, 5) is 14.9. The zero-order valence-corrected chi connectivity index (χ0v) is 14.4. The summed E-state index contributed by atoms with van der Waals surface area (Å²) in [5.74, 6) is 2.54. The lowest BCUT2D eigenvalue weighted by atomic mass is 9.82. The Morgan fingerprint density at radius 2 is 2.10 bits per heavy atom. The Morgan fingerprint density at radius 3 is 2.71 bits per heavy atom. The van der Waals surface area contributed by atoms with E-state index >= 15 is 0 Å². The minimum Gasteiger partial charge on any atom is -0.326 e. The Balaban J connectivity index is 1.99. The van der Waals surface area contributed by atoms with Crippen molar-refractivity contribution in [2.45, 2.75) is 84.8 Å². The predicted octanol–water partition coefficient (Wildman–Crippen LogP) is 3.79. The van der Waals surface area contributed by atoms with Crippen molar-refractivity contribution in [1.29, 1.82) is 0 Å². The van der Waals surface area contributed by atoms with Gasteiger partial charge in [-0.3, -0.25) is 10.1 Å². The van der Waals surface area contributed by atoms with Crippen LogP contribution in [-0.4, -0.2) is 29.6 Å². The molecule has 1 heterocycles. The highest BCUT2D eigenvalue weighted by Crippen LogP contribution is 2.31. The van der Waals surface area contributed by atoms with Gasteiger partial charge in [0.25, 0.3) is 0 Å². The molecule has 0 aromatic carbocycles. The molecule has 1 saturated heterocycles. The lowest BCUT2D eigenvalue weighted by Crippen LogP contribution is -2.42. The molecule has 1 amide bonds. The van der Waals surface area contributed by atoms with Crippen molar-refractivity contribution in [2.75, 3.05) is 6.54 Å². The van der Waals surface area contributed by atoms with Gasteiger partial charge in [0.1, 0.15) is 0 Å². The van der Waals surface area contributed by atoms with Crippen molar-refractivity contribution in [3.63, 3.8) is 0 Å². The van der Waals surface area contributed by atoms with Gasteiger partial charge >= 0.3 is 0 Å². The third-order valence-electron chi connectivity index (χ3n) is 5.12. The SMILES string of the molecule is CCCC1NC(CC(C)C)N(CC2CCCC(C)C2)C1=O. The summed E-state index contributed by atoms with van der Waals surface area (Å²) in [5, 5.41) is 3.60. The largest absolute Gasteiger partial charge is 0.326 e. The van der Waals surface area contributed by atoms with Gasteiger partial charge in [0, 0.05) is 6.54 Å². The normalized spacial score (nSPS) is 34.0. The minimum absolute atomic E-state index is 0.0692. The van der Waals surface area contributed by atoms with Crippen molar-refractivity contribution in [3.05, 3.63) is 0 Å². The zero-order chi connectivity index (χ0) is 15.4. The lowest BCUT2D eigenvalue weighted by molar-refractivity contribution is -0.131. The average Bonchev–Trinajstić information content (AvgIpc) is 2.67. The number of amides is 1. The summed E-state index contributed by atoms with van der Waals surface area (Å²) in [6.07, 6.45) is 8.72. The molecule has 122 valence electrons. The topological polar surface area (TPSA) is 32.3 Å². The van der Waals surface area contributed by atoms with E-state index in [0.29, 0.717) is 11.8 Å². The van der Waals surface area contributed by atoms with E-state index in [0.717, 1.165) is 37.6 Å². The highest BCUT2D eigenvalue weighted by atomic mass is 16.2. The fraction of sp³-hybridized carbons (Fsp3) is 0.944. The highest BCUT2D eigenvalue weighted by molar-refractivity contribution is 5.84. The summed E-state index contributed by atoms with van der Waals surface area (Å²) in [6.45, 7) is 10.0. The van der Waals surface area contributed by atoms with Crippen LogP contribution >= 0.6 is 0 Å². The van der Waals surface area contributed by atoms with E-state index in [9.17, 15) is 4.79 Å². The van der Waals surface area contributed by atoms with Crippen LogP contribution in [-0.2, 0) is 4.79 Å². The maximum absolute atomic E-state index is 12.7. The summed E-state index contributed by atoms with van der Waals surface area (Å²) in [7, 11) is 0. The molecule has 3 heteroatoms. The molecule has 0 aromatic heterocycles. The van der Waals surface area contributed by atoms with Crippen LogP contribution in [0.1, 0.15) is 72.6 Å². The van der Waals surface area contributed by atoms with Gasteiger partial charge in [0.05, 0.1) is 12.2 Å². The lowest BCUT2D eigenvalue weighted by Gasteiger charge is -2.33. The zero-order valence-electron chi connectivity index (χ0n) is 14.4. The Labute approximate surface area is 130 Å². The quantitative estimate of drug-likeness (QED) is 0.808. The van der Waals surface area contributed by atoms with E-state index in [2.05, 4.69) is 37.9 Å². The molecule has 2 fully saturated rings. The second kappa shape index (κ2) is 7.62. The molecule has 1 aliphatic heterocycles. The van der Waals surface area contributed by atoms with Crippen LogP contribution < -0.4 is 5.32 Å². The van der Waals surface area contributed by atoms with E-state index in [1.54, 1.807) is 0 Å². The Hall–Kier alpha value is -0.570. The van der Waals surface area contributed by atoms with Gasteiger partial charge in [0.2, 0.25) is 5.91 Å². The molecule has 1 aliphatic carbocycles. The van der Waals surface area contributed by atoms with Gasteiger partial charge in [-0.15, -0.1) is 0 Å². The van der Waals surface area contributed by atoms with Gasteiger partial charge in [0.15, 0.2) is 0 Å². The van der Waals surface area contributed by atoms with Crippen LogP contribution in [0, 0.1) is 17.8 Å². The van der Waals surface area contributed by atoms with E-state index < -0.39 is 0 Å². The fourth-order valence-electron chi connectivity index (χ4n) is 4.11. The highest BCUT2D eigenvalue weighted by Gasteiger charge is 2.39. The van der Waals surface area contributed by atoms with E-state index in [1.165, 1.54) is 25.7 Å². The predicted molar refractivity (Wildman–Crippen MR) is 87.9 cm³/mol. The Bertz CT molecular complexity index is 342. The maximum Gasteiger partial charge on any atom is 0.241 e. The summed E-state index contributed by atoms with van der Waals surface area (Å²) in [6, 6.07) is 0.0692. The van der Waals surface area contributed by atoms with E-state index in [4.69, 9.17) is 0 Å². The monoisotopic (exact) mass is 294 g/mol. The second-order valence-corrected chi connectivity index (χ2v) is 7.78. The van der Waals surface area contributed by atoms with Gasteiger partial charge in [-0.1, -0.05) is 47.0 Å². The van der Waals surface area contributed by atoms with Crippen molar-refractivity contribution in [3.8, 4) is 0 Å².